The maximum Gasteiger partial charge on any atom is 0.229 e. The molecule has 0 fully saturated rings. The normalized spacial score (nSPS) is 11.3. The van der Waals surface area contributed by atoms with Crippen molar-refractivity contribution in [2.45, 2.75) is 0 Å². The predicted molar refractivity (Wildman–Crippen MR) is 175 cm³/mol. The van der Waals surface area contributed by atoms with Crippen molar-refractivity contribution in [3.05, 3.63) is 158 Å². The first-order valence-electron chi connectivity index (χ1n) is 14.1. The first-order valence-corrected chi connectivity index (χ1v) is 14.1. The molecule has 0 N–H and O–H groups in total. The van der Waals surface area contributed by atoms with E-state index in [9.17, 15) is 0 Å². The molecule has 0 aliphatic rings. The predicted octanol–water partition coefficient (Wildman–Crippen LogP) is 10.9. The number of hydrogen-bond donors (Lipinski definition) is 0. The zero-order chi connectivity index (χ0) is 27.9. The van der Waals surface area contributed by atoms with Gasteiger partial charge in [-0.15, -0.1) is 0 Å². The van der Waals surface area contributed by atoms with E-state index in [1.165, 1.54) is 33.0 Å². The van der Waals surface area contributed by atoms with E-state index in [1.54, 1.807) is 0 Å². The van der Waals surface area contributed by atoms with Gasteiger partial charge in [-0.2, -0.15) is 4.98 Å². The summed E-state index contributed by atoms with van der Waals surface area (Å²) in [4.78, 5) is 7.25. The Kier molecular flexibility index (Phi) is 5.79. The van der Waals surface area contributed by atoms with Crippen molar-refractivity contribution in [3.63, 3.8) is 0 Å². The van der Waals surface area contributed by atoms with Crippen LogP contribution in [0, 0.1) is 0 Å². The SMILES string of the molecule is c1ccc(-c2ccc(N(c3ccc4ccc(-c5ccccc5)cc4c3)c3ccc4c(n3)oc3ccccc34)cc2)cc1. The smallest absolute Gasteiger partial charge is 0.229 e. The second-order valence-corrected chi connectivity index (χ2v) is 10.5. The molecule has 6 aromatic carbocycles. The van der Waals surface area contributed by atoms with Gasteiger partial charge in [0.05, 0.1) is 0 Å². The Morgan fingerprint density at radius 1 is 0.429 bits per heavy atom. The summed E-state index contributed by atoms with van der Waals surface area (Å²) in [5.41, 5.74) is 8.29. The molecular formula is C39H26N2O. The fraction of sp³-hybridized carbons (Fsp3) is 0. The van der Waals surface area contributed by atoms with Gasteiger partial charge >= 0.3 is 0 Å². The minimum absolute atomic E-state index is 0.631. The summed E-state index contributed by atoms with van der Waals surface area (Å²) in [6, 6.07) is 55.2. The molecule has 0 atom stereocenters. The zero-order valence-electron chi connectivity index (χ0n) is 22.8. The van der Waals surface area contributed by atoms with Gasteiger partial charge in [-0.25, -0.2) is 0 Å². The quantitative estimate of drug-likeness (QED) is 0.218. The number of fused-ring (bicyclic) bond motifs is 4. The molecule has 2 aromatic heterocycles. The van der Waals surface area contributed by atoms with Gasteiger partial charge in [0.2, 0.25) is 5.71 Å². The lowest BCUT2D eigenvalue weighted by Gasteiger charge is -2.25. The van der Waals surface area contributed by atoms with Crippen molar-refractivity contribution >= 4 is 50.0 Å². The average molecular weight is 539 g/mol. The highest BCUT2D eigenvalue weighted by Crippen LogP contribution is 2.38. The summed E-state index contributed by atoms with van der Waals surface area (Å²) >= 11 is 0. The number of hydrogen-bond acceptors (Lipinski definition) is 3. The monoisotopic (exact) mass is 538 g/mol. The number of pyridine rings is 1. The van der Waals surface area contributed by atoms with Crippen LogP contribution in [0.15, 0.2) is 162 Å². The van der Waals surface area contributed by atoms with Crippen molar-refractivity contribution in [2.75, 3.05) is 4.90 Å². The molecule has 8 rings (SSSR count). The van der Waals surface area contributed by atoms with E-state index < -0.39 is 0 Å². The van der Waals surface area contributed by atoms with E-state index >= 15 is 0 Å². The van der Waals surface area contributed by atoms with Gasteiger partial charge < -0.3 is 4.42 Å². The number of rotatable bonds is 5. The summed E-state index contributed by atoms with van der Waals surface area (Å²) in [5, 5.41) is 4.45. The van der Waals surface area contributed by atoms with Crippen molar-refractivity contribution in [3.8, 4) is 22.3 Å². The second kappa shape index (κ2) is 10.1. The average Bonchev–Trinajstić information content (AvgIpc) is 3.44. The fourth-order valence-electron chi connectivity index (χ4n) is 5.75. The van der Waals surface area contributed by atoms with Crippen molar-refractivity contribution in [1.29, 1.82) is 0 Å². The molecule has 0 aliphatic carbocycles. The topological polar surface area (TPSA) is 29.3 Å². The maximum atomic E-state index is 6.19. The van der Waals surface area contributed by atoms with Crippen LogP contribution in [0.2, 0.25) is 0 Å². The zero-order valence-corrected chi connectivity index (χ0v) is 22.8. The summed E-state index contributed by atoms with van der Waals surface area (Å²) < 4.78 is 6.19. The second-order valence-electron chi connectivity index (χ2n) is 10.5. The van der Waals surface area contributed by atoms with Crippen LogP contribution in [-0.4, -0.2) is 4.98 Å². The van der Waals surface area contributed by atoms with Crippen LogP contribution in [-0.2, 0) is 0 Å². The van der Waals surface area contributed by atoms with Crippen LogP contribution < -0.4 is 4.90 Å². The third-order valence-corrected chi connectivity index (χ3v) is 7.88. The van der Waals surface area contributed by atoms with Gasteiger partial charge in [0, 0.05) is 22.1 Å². The number of nitrogens with zero attached hydrogens (tertiary/aromatic N) is 2. The standard InChI is InChI=1S/C39H26N2O/c1-3-9-27(10-4-1)29-17-20-33(21-18-29)41(38-24-23-36-35-13-7-8-14-37(35)42-39(36)40-38)34-22-19-30-15-16-31(25-32(30)26-34)28-11-5-2-6-12-28/h1-26H. The highest BCUT2D eigenvalue weighted by atomic mass is 16.3. The molecule has 198 valence electrons. The lowest BCUT2D eigenvalue weighted by Crippen LogP contribution is -2.11. The maximum absolute atomic E-state index is 6.19. The van der Waals surface area contributed by atoms with E-state index in [0.717, 1.165) is 33.5 Å². The van der Waals surface area contributed by atoms with E-state index in [4.69, 9.17) is 9.40 Å². The van der Waals surface area contributed by atoms with Crippen molar-refractivity contribution in [2.24, 2.45) is 0 Å². The highest BCUT2D eigenvalue weighted by Gasteiger charge is 2.17. The Morgan fingerprint density at radius 3 is 1.83 bits per heavy atom. The molecule has 0 saturated carbocycles. The molecule has 3 nitrogen and oxygen atoms in total. The number of aromatic nitrogens is 1. The Morgan fingerprint density at radius 2 is 1.05 bits per heavy atom. The lowest BCUT2D eigenvalue weighted by molar-refractivity contribution is 0.654. The molecule has 0 spiro atoms. The van der Waals surface area contributed by atoms with E-state index in [2.05, 4.69) is 138 Å². The van der Waals surface area contributed by atoms with Gasteiger partial charge in [0.1, 0.15) is 11.4 Å². The molecule has 0 saturated heterocycles. The van der Waals surface area contributed by atoms with Crippen LogP contribution in [0.1, 0.15) is 0 Å². The van der Waals surface area contributed by atoms with Crippen LogP contribution >= 0.6 is 0 Å². The van der Waals surface area contributed by atoms with Crippen LogP contribution in [0.5, 0.6) is 0 Å². The first kappa shape index (κ1) is 24.2. The molecule has 0 unspecified atom stereocenters. The van der Waals surface area contributed by atoms with Gasteiger partial charge in [-0.05, 0) is 81.6 Å². The molecule has 8 aromatic rings. The van der Waals surface area contributed by atoms with Crippen LogP contribution in [0.4, 0.5) is 17.2 Å². The molecular weight excluding hydrogens is 512 g/mol. The molecule has 42 heavy (non-hydrogen) atoms. The minimum atomic E-state index is 0.631. The molecule has 0 radical (unpaired) electrons. The molecule has 3 heteroatoms. The van der Waals surface area contributed by atoms with E-state index in [1.807, 2.05) is 24.3 Å². The van der Waals surface area contributed by atoms with Crippen molar-refractivity contribution in [1.82, 2.24) is 4.98 Å². The lowest BCUT2D eigenvalue weighted by atomic mass is 10.0. The van der Waals surface area contributed by atoms with Gasteiger partial charge in [-0.3, -0.25) is 4.90 Å². The van der Waals surface area contributed by atoms with Crippen molar-refractivity contribution < 1.29 is 4.42 Å². The summed E-state index contributed by atoms with van der Waals surface area (Å²) in [7, 11) is 0. The minimum Gasteiger partial charge on any atom is -0.438 e. The van der Waals surface area contributed by atoms with Gasteiger partial charge in [0.15, 0.2) is 0 Å². The summed E-state index contributed by atoms with van der Waals surface area (Å²) in [6.07, 6.45) is 0. The number of para-hydroxylation sites is 1. The number of benzene rings is 6. The molecule has 0 amide bonds. The molecule has 2 heterocycles. The fourth-order valence-corrected chi connectivity index (χ4v) is 5.75. The Bertz CT molecular complexity index is 2180. The largest absolute Gasteiger partial charge is 0.438 e. The van der Waals surface area contributed by atoms with Crippen LogP contribution in [0.3, 0.4) is 0 Å². The third-order valence-electron chi connectivity index (χ3n) is 7.88. The Hall–Kier alpha value is -5.67. The number of anilines is 3. The third kappa shape index (κ3) is 4.29. The first-order chi connectivity index (χ1) is 20.8. The van der Waals surface area contributed by atoms with Crippen LogP contribution in [0.25, 0.3) is 55.1 Å². The van der Waals surface area contributed by atoms with Gasteiger partial charge in [0.25, 0.3) is 0 Å². The Balaban J connectivity index is 1.28. The molecule has 0 aliphatic heterocycles. The Labute approximate surface area is 243 Å². The van der Waals surface area contributed by atoms with E-state index in [-0.39, 0.29) is 0 Å². The van der Waals surface area contributed by atoms with Gasteiger partial charge in [-0.1, -0.05) is 109 Å². The highest BCUT2D eigenvalue weighted by molar-refractivity contribution is 6.04. The number of furan rings is 1. The summed E-state index contributed by atoms with van der Waals surface area (Å²) in [5.74, 6) is 0.799. The summed E-state index contributed by atoms with van der Waals surface area (Å²) in [6.45, 7) is 0. The molecule has 0 bridgehead atoms. The van der Waals surface area contributed by atoms with E-state index in [0.29, 0.717) is 5.71 Å².